The number of nitrogens with zero attached hydrogens (tertiary/aromatic N) is 2. The predicted octanol–water partition coefficient (Wildman–Crippen LogP) is 4.74. The lowest BCUT2D eigenvalue weighted by Gasteiger charge is -2.09. The van der Waals surface area contributed by atoms with Crippen LogP contribution >= 0.6 is 15.9 Å². The SMILES string of the molecule is CCOc1ccc(C(=O)Oc2ccc(Br)cc2/C=N\NC(=O)c2ccc([N+](=O)[O-])cc2)cc1. The van der Waals surface area contributed by atoms with Gasteiger partial charge in [-0.1, -0.05) is 15.9 Å². The molecule has 3 aromatic rings. The minimum absolute atomic E-state index is 0.122. The third-order valence-electron chi connectivity index (χ3n) is 4.29. The van der Waals surface area contributed by atoms with Crippen molar-refractivity contribution in [1.82, 2.24) is 5.43 Å². The maximum absolute atomic E-state index is 12.5. The maximum Gasteiger partial charge on any atom is 0.343 e. The van der Waals surface area contributed by atoms with E-state index in [-0.39, 0.29) is 17.0 Å². The van der Waals surface area contributed by atoms with Gasteiger partial charge in [-0.2, -0.15) is 5.10 Å². The second kappa shape index (κ2) is 11.0. The van der Waals surface area contributed by atoms with Crippen LogP contribution in [0.15, 0.2) is 76.3 Å². The second-order valence-electron chi connectivity index (χ2n) is 6.53. The molecule has 33 heavy (non-hydrogen) atoms. The van der Waals surface area contributed by atoms with Crippen LogP contribution < -0.4 is 14.9 Å². The summed E-state index contributed by atoms with van der Waals surface area (Å²) in [6.07, 6.45) is 1.33. The Kier molecular flexibility index (Phi) is 7.87. The van der Waals surface area contributed by atoms with Gasteiger partial charge in [-0.05, 0) is 61.5 Å². The zero-order valence-electron chi connectivity index (χ0n) is 17.4. The van der Waals surface area contributed by atoms with E-state index in [9.17, 15) is 19.7 Å². The number of amides is 1. The van der Waals surface area contributed by atoms with Crippen molar-refractivity contribution in [2.75, 3.05) is 6.61 Å². The highest BCUT2D eigenvalue weighted by Gasteiger charge is 2.13. The van der Waals surface area contributed by atoms with E-state index in [0.29, 0.717) is 28.0 Å². The number of benzene rings is 3. The molecule has 0 atom stereocenters. The minimum atomic E-state index is -0.565. The van der Waals surface area contributed by atoms with E-state index in [4.69, 9.17) is 9.47 Å². The van der Waals surface area contributed by atoms with Crippen LogP contribution in [-0.2, 0) is 0 Å². The first-order valence-electron chi connectivity index (χ1n) is 9.70. The van der Waals surface area contributed by atoms with E-state index in [0.717, 1.165) is 0 Å². The normalized spacial score (nSPS) is 10.6. The van der Waals surface area contributed by atoms with Crippen LogP contribution in [-0.4, -0.2) is 29.6 Å². The Hall–Kier alpha value is -4.05. The first-order chi connectivity index (χ1) is 15.9. The minimum Gasteiger partial charge on any atom is -0.494 e. The van der Waals surface area contributed by atoms with Crippen LogP contribution in [0.25, 0.3) is 0 Å². The van der Waals surface area contributed by atoms with Gasteiger partial charge < -0.3 is 9.47 Å². The number of ether oxygens (including phenoxy) is 2. The molecule has 0 unspecified atom stereocenters. The molecule has 0 aliphatic heterocycles. The first kappa shape index (κ1) is 23.6. The van der Waals surface area contributed by atoms with Gasteiger partial charge in [-0.15, -0.1) is 0 Å². The summed E-state index contributed by atoms with van der Waals surface area (Å²) >= 11 is 3.35. The molecule has 0 saturated heterocycles. The fourth-order valence-electron chi connectivity index (χ4n) is 2.69. The van der Waals surface area contributed by atoms with Crippen LogP contribution in [0.3, 0.4) is 0 Å². The molecule has 3 rings (SSSR count). The summed E-state index contributed by atoms with van der Waals surface area (Å²) in [4.78, 5) is 34.9. The smallest absolute Gasteiger partial charge is 0.343 e. The molecule has 0 heterocycles. The van der Waals surface area contributed by atoms with Gasteiger partial charge in [-0.3, -0.25) is 14.9 Å². The summed E-state index contributed by atoms with van der Waals surface area (Å²) in [5, 5.41) is 14.6. The van der Waals surface area contributed by atoms with Gasteiger partial charge in [0.2, 0.25) is 0 Å². The van der Waals surface area contributed by atoms with Gasteiger partial charge in [0.15, 0.2) is 0 Å². The molecule has 10 heteroatoms. The summed E-state index contributed by atoms with van der Waals surface area (Å²) in [6, 6.07) is 16.6. The third kappa shape index (κ3) is 6.47. The molecule has 0 radical (unpaired) electrons. The van der Waals surface area contributed by atoms with Gasteiger partial charge in [-0.25, -0.2) is 10.2 Å². The number of nitro benzene ring substituents is 1. The van der Waals surface area contributed by atoms with Crippen molar-refractivity contribution in [3.8, 4) is 11.5 Å². The van der Waals surface area contributed by atoms with Crippen LogP contribution in [0.4, 0.5) is 5.69 Å². The average Bonchev–Trinajstić information content (AvgIpc) is 2.81. The van der Waals surface area contributed by atoms with Gasteiger partial charge in [0.05, 0.1) is 23.3 Å². The Morgan fingerprint density at radius 3 is 2.36 bits per heavy atom. The lowest BCUT2D eigenvalue weighted by atomic mass is 10.2. The van der Waals surface area contributed by atoms with Crippen molar-refractivity contribution in [2.45, 2.75) is 6.92 Å². The third-order valence-corrected chi connectivity index (χ3v) is 4.78. The molecule has 3 aromatic carbocycles. The highest BCUT2D eigenvalue weighted by atomic mass is 79.9. The Bertz CT molecular complexity index is 1190. The van der Waals surface area contributed by atoms with Gasteiger partial charge in [0, 0.05) is 27.7 Å². The number of carbonyl (C=O) groups excluding carboxylic acids is 2. The Morgan fingerprint density at radius 2 is 1.73 bits per heavy atom. The van der Waals surface area contributed by atoms with Crippen LogP contribution in [0.2, 0.25) is 0 Å². The van der Waals surface area contributed by atoms with Gasteiger partial charge in [0.1, 0.15) is 11.5 Å². The number of rotatable bonds is 8. The highest BCUT2D eigenvalue weighted by molar-refractivity contribution is 9.10. The zero-order valence-corrected chi connectivity index (χ0v) is 18.9. The molecule has 9 nitrogen and oxygen atoms in total. The van der Waals surface area contributed by atoms with Crippen LogP contribution in [0.1, 0.15) is 33.2 Å². The molecule has 0 aromatic heterocycles. The molecule has 1 N–H and O–H groups in total. The molecule has 0 spiro atoms. The largest absolute Gasteiger partial charge is 0.494 e. The quantitative estimate of drug-likeness (QED) is 0.153. The van der Waals surface area contributed by atoms with Gasteiger partial charge in [0.25, 0.3) is 11.6 Å². The molecule has 168 valence electrons. The number of hydrazone groups is 1. The number of non-ortho nitro benzene ring substituents is 1. The van der Waals surface area contributed by atoms with E-state index in [1.165, 1.54) is 30.5 Å². The van der Waals surface area contributed by atoms with E-state index >= 15 is 0 Å². The summed E-state index contributed by atoms with van der Waals surface area (Å²) in [5.74, 6) is -0.228. The first-order valence-corrected chi connectivity index (χ1v) is 10.5. The monoisotopic (exact) mass is 511 g/mol. The Balaban J connectivity index is 1.70. The van der Waals surface area contributed by atoms with Crippen LogP contribution in [0.5, 0.6) is 11.5 Å². The molecule has 0 saturated carbocycles. The highest BCUT2D eigenvalue weighted by Crippen LogP contribution is 2.23. The number of hydrogen-bond donors (Lipinski definition) is 1. The van der Waals surface area contributed by atoms with E-state index in [1.54, 1.807) is 42.5 Å². The lowest BCUT2D eigenvalue weighted by molar-refractivity contribution is -0.384. The van der Waals surface area contributed by atoms with Crippen molar-refractivity contribution in [3.63, 3.8) is 0 Å². The van der Waals surface area contributed by atoms with Crippen molar-refractivity contribution < 1.29 is 24.0 Å². The number of esters is 1. The molecule has 0 aliphatic carbocycles. The molecule has 0 aliphatic rings. The number of halogens is 1. The van der Waals surface area contributed by atoms with E-state index in [1.807, 2.05) is 6.92 Å². The van der Waals surface area contributed by atoms with Crippen LogP contribution in [0, 0.1) is 10.1 Å². The molecular weight excluding hydrogens is 494 g/mol. The summed E-state index contributed by atoms with van der Waals surface area (Å²) < 4.78 is 11.6. The second-order valence-corrected chi connectivity index (χ2v) is 7.45. The average molecular weight is 512 g/mol. The van der Waals surface area contributed by atoms with Gasteiger partial charge >= 0.3 is 5.97 Å². The van der Waals surface area contributed by atoms with E-state index in [2.05, 4.69) is 26.5 Å². The van der Waals surface area contributed by atoms with E-state index < -0.39 is 16.8 Å². The fourth-order valence-corrected chi connectivity index (χ4v) is 3.06. The van der Waals surface area contributed by atoms with Crippen molar-refractivity contribution in [2.24, 2.45) is 5.10 Å². The molecule has 0 fully saturated rings. The summed E-state index contributed by atoms with van der Waals surface area (Å²) in [6.45, 7) is 2.39. The number of nitro groups is 1. The van der Waals surface area contributed by atoms with Crippen molar-refractivity contribution in [1.29, 1.82) is 0 Å². The Morgan fingerprint density at radius 1 is 1.06 bits per heavy atom. The number of hydrogen-bond acceptors (Lipinski definition) is 7. The predicted molar refractivity (Wildman–Crippen MR) is 125 cm³/mol. The summed E-state index contributed by atoms with van der Waals surface area (Å²) in [7, 11) is 0. The standard InChI is InChI=1S/C23H18BrN3O6/c1-2-32-20-10-5-16(6-11-20)23(29)33-21-12-7-18(24)13-17(21)14-25-26-22(28)15-3-8-19(9-4-15)27(30)31/h3-14H,2H2,1H3,(H,26,28)/b25-14-. The molecule has 0 bridgehead atoms. The number of nitrogens with one attached hydrogen (secondary N) is 1. The topological polar surface area (TPSA) is 120 Å². The molecular formula is C23H18BrN3O6. The fraction of sp³-hybridized carbons (Fsp3) is 0.0870. The van der Waals surface area contributed by atoms with Crippen molar-refractivity contribution >= 4 is 39.7 Å². The lowest BCUT2D eigenvalue weighted by Crippen LogP contribution is -2.17. The number of carbonyl (C=O) groups is 2. The zero-order chi connectivity index (χ0) is 23.8. The van der Waals surface area contributed by atoms with Crippen molar-refractivity contribution in [3.05, 3.63) is 98.0 Å². The maximum atomic E-state index is 12.5. The summed E-state index contributed by atoms with van der Waals surface area (Å²) in [5.41, 5.74) is 3.20. The molecule has 1 amide bonds. The Labute approximate surface area is 197 Å².